The molecule has 1 aromatic rings. The summed E-state index contributed by atoms with van der Waals surface area (Å²) in [4.78, 5) is 0. The molecule has 0 heterocycles. The van der Waals surface area contributed by atoms with Gasteiger partial charge in [0.2, 0.25) is 0 Å². The first kappa shape index (κ1) is 7.37. The highest BCUT2D eigenvalue weighted by molar-refractivity contribution is 9.08. The van der Waals surface area contributed by atoms with E-state index in [0.29, 0.717) is 0 Å². The standard InChI is InChI=1S/C9H7Br/c1-2-8-4-3-5-9(6-8)7-10/h1,3-6H,7H2. The highest BCUT2D eigenvalue weighted by Gasteiger charge is 1.89. The van der Waals surface area contributed by atoms with Gasteiger partial charge in [0.15, 0.2) is 0 Å². The molecule has 0 aliphatic carbocycles. The molecule has 0 aromatic heterocycles. The molecule has 0 amide bonds. The lowest BCUT2D eigenvalue weighted by Gasteiger charge is -1.93. The van der Waals surface area contributed by atoms with Gasteiger partial charge in [0.1, 0.15) is 0 Å². The van der Waals surface area contributed by atoms with Crippen LogP contribution in [0.15, 0.2) is 24.3 Å². The smallest absolute Gasteiger partial charge is 0.0283 e. The molecule has 1 rings (SSSR count). The van der Waals surface area contributed by atoms with Crippen molar-refractivity contribution in [1.82, 2.24) is 0 Å². The van der Waals surface area contributed by atoms with Crippen LogP contribution in [-0.4, -0.2) is 0 Å². The second-order valence-electron chi connectivity index (χ2n) is 1.98. The minimum absolute atomic E-state index is 0.864. The van der Waals surface area contributed by atoms with Gasteiger partial charge in [0.25, 0.3) is 0 Å². The second kappa shape index (κ2) is 3.43. The minimum atomic E-state index is 0.864. The third kappa shape index (κ3) is 1.62. The molecule has 0 nitrogen and oxygen atoms in total. The third-order valence-corrected chi connectivity index (χ3v) is 1.90. The van der Waals surface area contributed by atoms with Crippen LogP contribution in [0.4, 0.5) is 0 Å². The zero-order chi connectivity index (χ0) is 7.40. The first-order chi connectivity index (χ1) is 4.86. The number of rotatable bonds is 1. The molecule has 0 spiro atoms. The molecule has 0 bridgehead atoms. The Kier molecular flexibility index (Phi) is 2.53. The lowest BCUT2D eigenvalue weighted by molar-refractivity contribution is 1.42. The van der Waals surface area contributed by atoms with Gasteiger partial charge in [0.05, 0.1) is 0 Å². The third-order valence-electron chi connectivity index (χ3n) is 1.25. The van der Waals surface area contributed by atoms with E-state index in [2.05, 4.69) is 21.9 Å². The molecule has 0 fully saturated rings. The predicted octanol–water partition coefficient (Wildman–Crippen LogP) is 2.56. The van der Waals surface area contributed by atoms with Crippen LogP contribution < -0.4 is 0 Å². The van der Waals surface area contributed by atoms with Gasteiger partial charge in [-0.25, -0.2) is 0 Å². The van der Waals surface area contributed by atoms with Gasteiger partial charge in [-0.2, -0.15) is 0 Å². The van der Waals surface area contributed by atoms with Crippen molar-refractivity contribution in [3.05, 3.63) is 35.4 Å². The summed E-state index contributed by atoms with van der Waals surface area (Å²) in [6, 6.07) is 7.92. The first-order valence-corrected chi connectivity index (χ1v) is 4.10. The molecule has 0 aliphatic heterocycles. The van der Waals surface area contributed by atoms with Crippen LogP contribution in [-0.2, 0) is 5.33 Å². The molecule has 0 saturated heterocycles. The molecular weight excluding hydrogens is 188 g/mol. The Morgan fingerprint density at radius 2 is 2.30 bits per heavy atom. The van der Waals surface area contributed by atoms with Gasteiger partial charge in [-0.3, -0.25) is 0 Å². The molecule has 0 saturated carbocycles. The van der Waals surface area contributed by atoms with Gasteiger partial charge in [0, 0.05) is 10.9 Å². The highest BCUT2D eigenvalue weighted by Crippen LogP contribution is 2.07. The zero-order valence-corrected chi connectivity index (χ0v) is 7.06. The largest absolute Gasteiger partial charge is 0.115 e. The van der Waals surface area contributed by atoms with Crippen LogP contribution in [0, 0.1) is 12.3 Å². The Morgan fingerprint density at radius 3 is 2.90 bits per heavy atom. The van der Waals surface area contributed by atoms with Crippen LogP contribution in [0.25, 0.3) is 0 Å². The van der Waals surface area contributed by atoms with Gasteiger partial charge < -0.3 is 0 Å². The summed E-state index contributed by atoms with van der Waals surface area (Å²) < 4.78 is 0. The molecule has 0 atom stereocenters. The van der Waals surface area contributed by atoms with Crippen molar-refractivity contribution in [2.75, 3.05) is 0 Å². The summed E-state index contributed by atoms with van der Waals surface area (Å²) in [6.07, 6.45) is 5.21. The summed E-state index contributed by atoms with van der Waals surface area (Å²) in [5.41, 5.74) is 2.16. The summed E-state index contributed by atoms with van der Waals surface area (Å²) in [6.45, 7) is 0. The van der Waals surface area contributed by atoms with Crippen molar-refractivity contribution in [3.8, 4) is 12.3 Å². The fraction of sp³-hybridized carbons (Fsp3) is 0.111. The number of halogens is 1. The summed E-state index contributed by atoms with van der Waals surface area (Å²) >= 11 is 3.35. The lowest BCUT2D eigenvalue weighted by atomic mass is 10.1. The monoisotopic (exact) mass is 194 g/mol. The maximum absolute atomic E-state index is 5.21. The van der Waals surface area contributed by atoms with E-state index >= 15 is 0 Å². The number of hydrogen-bond donors (Lipinski definition) is 0. The average molecular weight is 195 g/mol. The van der Waals surface area contributed by atoms with E-state index in [1.54, 1.807) is 0 Å². The zero-order valence-electron chi connectivity index (χ0n) is 5.47. The van der Waals surface area contributed by atoms with E-state index in [-0.39, 0.29) is 0 Å². The summed E-state index contributed by atoms with van der Waals surface area (Å²) in [5.74, 6) is 2.58. The first-order valence-electron chi connectivity index (χ1n) is 2.98. The fourth-order valence-corrected chi connectivity index (χ4v) is 1.09. The number of benzene rings is 1. The molecular formula is C9H7Br. The molecule has 10 heavy (non-hydrogen) atoms. The van der Waals surface area contributed by atoms with Crippen molar-refractivity contribution in [2.24, 2.45) is 0 Å². The average Bonchev–Trinajstić information content (AvgIpc) is 2.05. The molecule has 0 unspecified atom stereocenters. The van der Waals surface area contributed by atoms with Crippen LogP contribution in [0.3, 0.4) is 0 Å². The fourth-order valence-electron chi connectivity index (χ4n) is 0.744. The molecule has 0 N–H and O–H groups in total. The topological polar surface area (TPSA) is 0 Å². The van der Waals surface area contributed by atoms with Crippen molar-refractivity contribution in [1.29, 1.82) is 0 Å². The molecule has 1 aromatic carbocycles. The Balaban J connectivity index is 3.01. The van der Waals surface area contributed by atoms with Gasteiger partial charge in [-0.15, -0.1) is 6.42 Å². The molecule has 0 aliphatic rings. The van der Waals surface area contributed by atoms with Crippen LogP contribution in [0.2, 0.25) is 0 Å². The normalized spacial score (nSPS) is 8.80. The van der Waals surface area contributed by atoms with Crippen molar-refractivity contribution in [3.63, 3.8) is 0 Å². The van der Waals surface area contributed by atoms with E-state index < -0.39 is 0 Å². The minimum Gasteiger partial charge on any atom is -0.115 e. The Morgan fingerprint density at radius 1 is 1.50 bits per heavy atom. The number of hydrogen-bond acceptors (Lipinski definition) is 0. The molecule has 1 heteroatoms. The maximum atomic E-state index is 5.21. The lowest BCUT2D eigenvalue weighted by Crippen LogP contribution is -1.78. The summed E-state index contributed by atoms with van der Waals surface area (Å²) in [5, 5.41) is 0.864. The van der Waals surface area contributed by atoms with Crippen LogP contribution in [0.1, 0.15) is 11.1 Å². The van der Waals surface area contributed by atoms with Crippen LogP contribution >= 0.6 is 15.9 Å². The maximum Gasteiger partial charge on any atom is 0.0283 e. The Hall–Kier alpha value is -0.740. The Bertz CT molecular complexity index is 258. The van der Waals surface area contributed by atoms with Crippen molar-refractivity contribution >= 4 is 15.9 Å². The second-order valence-corrected chi connectivity index (χ2v) is 2.54. The van der Waals surface area contributed by atoms with Gasteiger partial charge in [-0.1, -0.05) is 34.0 Å². The highest BCUT2D eigenvalue weighted by atomic mass is 79.9. The summed E-state index contributed by atoms with van der Waals surface area (Å²) in [7, 11) is 0. The molecule has 0 radical (unpaired) electrons. The van der Waals surface area contributed by atoms with E-state index in [4.69, 9.17) is 6.42 Å². The van der Waals surface area contributed by atoms with Crippen molar-refractivity contribution in [2.45, 2.75) is 5.33 Å². The van der Waals surface area contributed by atoms with Crippen LogP contribution in [0.5, 0.6) is 0 Å². The SMILES string of the molecule is C#Cc1cccc(CBr)c1. The van der Waals surface area contributed by atoms with Gasteiger partial charge in [-0.05, 0) is 17.7 Å². The van der Waals surface area contributed by atoms with E-state index in [9.17, 15) is 0 Å². The number of terminal acetylenes is 1. The van der Waals surface area contributed by atoms with E-state index in [1.807, 2.05) is 24.3 Å². The van der Waals surface area contributed by atoms with E-state index in [0.717, 1.165) is 10.9 Å². The predicted molar refractivity (Wildman–Crippen MR) is 47.0 cm³/mol. The van der Waals surface area contributed by atoms with Crippen molar-refractivity contribution < 1.29 is 0 Å². The number of alkyl halides is 1. The quantitative estimate of drug-likeness (QED) is 0.477. The Labute approximate surface area is 69.4 Å². The van der Waals surface area contributed by atoms with E-state index in [1.165, 1.54) is 5.56 Å². The molecule has 50 valence electrons. The van der Waals surface area contributed by atoms with Gasteiger partial charge >= 0.3 is 0 Å².